The molecular weight excluding hydrogens is 383 g/mol. The van der Waals surface area contributed by atoms with E-state index in [1.807, 2.05) is 6.08 Å². The lowest BCUT2D eigenvalue weighted by molar-refractivity contribution is 0.0186. The van der Waals surface area contributed by atoms with Crippen LogP contribution in [0.25, 0.3) is 11.1 Å². The number of rotatable bonds is 5. The van der Waals surface area contributed by atoms with Crippen molar-refractivity contribution in [3.05, 3.63) is 59.4 Å². The van der Waals surface area contributed by atoms with E-state index in [1.165, 1.54) is 13.2 Å². The smallest absolute Gasteiger partial charge is 0.134 e. The van der Waals surface area contributed by atoms with E-state index in [9.17, 15) is 4.39 Å². The van der Waals surface area contributed by atoms with Crippen LogP contribution >= 0.6 is 0 Å². The van der Waals surface area contributed by atoms with E-state index >= 15 is 0 Å². The minimum atomic E-state index is -0.381. The number of nitrogens with zero attached hydrogens (tertiary/aromatic N) is 2. The van der Waals surface area contributed by atoms with Crippen LogP contribution in [0, 0.1) is 11.2 Å². The van der Waals surface area contributed by atoms with Gasteiger partial charge in [-0.1, -0.05) is 12.1 Å². The highest BCUT2D eigenvalue weighted by Crippen LogP contribution is 2.35. The molecule has 0 aliphatic carbocycles. The lowest BCUT2D eigenvalue weighted by Gasteiger charge is -2.33. The predicted molar refractivity (Wildman–Crippen MR) is 117 cm³/mol. The Morgan fingerprint density at radius 2 is 2.07 bits per heavy atom. The summed E-state index contributed by atoms with van der Waals surface area (Å²) in [5.74, 6) is 0.0571. The van der Waals surface area contributed by atoms with Crippen LogP contribution in [0.4, 0.5) is 10.1 Å². The highest BCUT2D eigenvalue weighted by atomic mass is 19.1. The van der Waals surface area contributed by atoms with Crippen molar-refractivity contribution in [2.75, 3.05) is 39.1 Å². The first-order valence-corrected chi connectivity index (χ1v) is 9.94. The number of morpholine rings is 1. The molecule has 30 heavy (non-hydrogen) atoms. The molecule has 2 aliphatic heterocycles. The Morgan fingerprint density at radius 1 is 1.27 bits per heavy atom. The average Bonchev–Trinajstić information content (AvgIpc) is 2.79. The fourth-order valence-electron chi connectivity index (χ4n) is 3.89. The Kier molecular flexibility index (Phi) is 5.92. The van der Waals surface area contributed by atoms with Crippen molar-refractivity contribution < 1.29 is 13.9 Å². The molecule has 0 saturated carbocycles. The van der Waals surface area contributed by atoms with Gasteiger partial charge in [0.15, 0.2) is 0 Å². The van der Waals surface area contributed by atoms with Crippen LogP contribution in [0.3, 0.4) is 0 Å². The largest absolute Gasteiger partial charge is 0.496 e. The number of benzene rings is 2. The highest BCUT2D eigenvalue weighted by molar-refractivity contribution is 6.15. The monoisotopic (exact) mass is 408 g/mol. The predicted octanol–water partition coefficient (Wildman–Crippen LogP) is 3.51. The Morgan fingerprint density at radius 3 is 2.83 bits per heavy atom. The van der Waals surface area contributed by atoms with Gasteiger partial charge in [0.05, 0.1) is 31.6 Å². The lowest BCUT2D eigenvalue weighted by atomic mass is 9.92. The van der Waals surface area contributed by atoms with Crippen molar-refractivity contribution in [2.45, 2.75) is 12.6 Å². The van der Waals surface area contributed by atoms with Crippen LogP contribution in [0.15, 0.2) is 53.0 Å². The SMILES string of the molecule is COc1cccc(F)c1-c1ccc(N)c(C(=N)C2=CC=NC(N3CCOCC3)C2)c1. The summed E-state index contributed by atoms with van der Waals surface area (Å²) >= 11 is 0. The average molecular weight is 408 g/mol. The van der Waals surface area contributed by atoms with E-state index in [1.54, 1.807) is 36.5 Å². The van der Waals surface area contributed by atoms with E-state index in [2.05, 4.69) is 9.89 Å². The fraction of sp³-hybridized carbons (Fsp3) is 0.304. The molecule has 4 rings (SSSR count). The molecule has 2 heterocycles. The Balaban J connectivity index is 1.63. The van der Waals surface area contributed by atoms with Gasteiger partial charge in [0.2, 0.25) is 0 Å². The number of allylic oxidation sites excluding steroid dienone is 1. The molecule has 2 aromatic carbocycles. The second-order valence-corrected chi connectivity index (χ2v) is 7.32. The topological polar surface area (TPSA) is 83.9 Å². The van der Waals surface area contributed by atoms with Crippen LogP contribution in [0.2, 0.25) is 0 Å². The van der Waals surface area contributed by atoms with E-state index < -0.39 is 0 Å². The van der Waals surface area contributed by atoms with Gasteiger partial charge in [0.1, 0.15) is 17.7 Å². The molecule has 7 heteroatoms. The summed E-state index contributed by atoms with van der Waals surface area (Å²) in [5, 5.41) is 8.80. The number of nitrogen functional groups attached to an aromatic ring is 1. The van der Waals surface area contributed by atoms with Gasteiger partial charge in [-0.25, -0.2) is 4.39 Å². The Labute approximate surface area is 175 Å². The first kappa shape index (κ1) is 20.3. The molecule has 2 aromatic rings. The molecule has 3 N–H and O–H groups in total. The third-order valence-electron chi connectivity index (χ3n) is 5.53. The molecule has 1 saturated heterocycles. The zero-order chi connectivity index (χ0) is 21.1. The van der Waals surface area contributed by atoms with Gasteiger partial charge >= 0.3 is 0 Å². The van der Waals surface area contributed by atoms with Gasteiger partial charge in [0.25, 0.3) is 0 Å². The van der Waals surface area contributed by atoms with Crippen LogP contribution in [-0.4, -0.2) is 56.4 Å². The Hall–Kier alpha value is -3.03. The van der Waals surface area contributed by atoms with Crippen molar-refractivity contribution in [1.82, 2.24) is 4.90 Å². The zero-order valence-corrected chi connectivity index (χ0v) is 16.9. The highest BCUT2D eigenvalue weighted by Gasteiger charge is 2.25. The van der Waals surface area contributed by atoms with E-state index in [4.69, 9.17) is 20.6 Å². The Bertz CT molecular complexity index is 1010. The van der Waals surface area contributed by atoms with E-state index in [-0.39, 0.29) is 12.0 Å². The van der Waals surface area contributed by atoms with E-state index in [0.717, 1.165) is 18.7 Å². The van der Waals surface area contributed by atoms with E-state index in [0.29, 0.717) is 53.5 Å². The molecule has 0 aromatic heterocycles. The molecule has 1 unspecified atom stereocenters. The summed E-state index contributed by atoms with van der Waals surface area (Å²) in [4.78, 5) is 6.84. The maximum atomic E-state index is 14.6. The number of anilines is 1. The number of dihydropyridines is 1. The molecular formula is C23H25FN4O2. The zero-order valence-electron chi connectivity index (χ0n) is 16.9. The van der Waals surface area contributed by atoms with Crippen LogP contribution < -0.4 is 10.5 Å². The molecule has 0 spiro atoms. The maximum Gasteiger partial charge on any atom is 0.134 e. The van der Waals surface area contributed by atoms with Gasteiger partial charge in [-0.15, -0.1) is 0 Å². The molecule has 2 aliphatic rings. The summed E-state index contributed by atoms with van der Waals surface area (Å²) in [6.45, 7) is 3.05. The number of nitrogens with two attached hydrogens (primary N) is 1. The standard InChI is InChI=1S/C23H25FN4O2/c1-29-20-4-2-3-18(24)22(20)15-5-6-19(25)17(13-15)23(26)16-7-8-27-21(14-16)28-9-11-30-12-10-28/h2-8,13,21,26H,9-12,14,25H2,1H3. The van der Waals surface area contributed by atoms with Crippen molar-refractivity contribution in [3.63, 3.8) is 0 Å². The number of ether oxygens (including phenoxy) is 2. The van der Waals surface area contributed by atoms with Gasteiger partial charge in [-0.05, 0) is 41.5 Å². The number of halogens is 1. The number of methoxy groups -OCH3 is 1. The van der Waals surface area contributed by atoms with Crippen LogP contribution in [0.1, 0.15) is 12.0 Å². The van der Waals surface area contributed by atoms with Gasteiger partial charge in [0, 0.05) is 37.0 Å². The summed E-state index contributed by atoms with van der Waals surface area (Å²) < 4.78 is 25.3. The fourth-order valence-corrected chi connectivity index (χ4v) is 3.89. The first-order chi connectivity index (χ1) is 14.6. The number of hydrogen-bond donors (Lipinski definition) is 2. The molecule has 156 valence electrons. The summed E-state index contributed by atoms with van der Waals surface area (Å²) in [6, 6.07) is 9.94. The summed E-state index contributed by atoms with van der Waals surface area (Å²) in [7, 11) is 1.51. The second kappa shape index (κ2) is 8.77. The van der Waals surface area contributed by atoms with Crippen molar-refractivity contribution in [2.24, 2.45) is 4.99 Å². The molecule has 0 bridgehead atoms. The molecule has 1 atom stereocenters. The normalized spacial score (nSPS) is 19.4. The molecule has 1 fully saturated rings. The third kappa shape index (κ3) is 3.99. The minimum absolute atomic E-state index is 0.00896. The van der Waals surface area contributed by atoms with Gasteiger partial charge < -0.3 is 15.2 Å². The summed E-state index contributed by atoms with van der Waals surface area (Å²) in [6.07, 6.45) is 4.23. The second-order valence-electron chi connectivity index (χ2n) is 7.32. The number of aliphatic imine (C=N–C) groups is 1. The van der Waals surface area contributed by atoms with Crippen molar-refractivity contribution in [3.8, 4) is 16.9 Å². The maximum absolute atomic E-state index is 14.6. The lowest BCUT2D eigenvalue weighted by Crippen LogP contribution is -2.43. The van der Waals surface area contributed by atoms with Crippen molar-refractivity contribution >= 4 is 17.6 Å². The number of hydrogen-bond acceptors (Lipinski definition) is 6. The van der Waals surface area contributed by atoms with Gasteiger partial charge in [-0.2, -0.15) is 0 Å². The molecule has 0 radical (unpaired) electrons. The third-order valence-corrected chi connectivity index (χ3v) is 5.53. The first-order valence-electron chi connectivity index (χ1n) is 9.94. The molecule has 0 amide bonds. The van der Waals surface area contributed by atoms with Crippen LogP contribution in [-0.2, 0) is 4.74 Å². The quantitative estimate of drug-likeness (QED) is 0.586. The molecule has 6 nitrogen and oxygen atoms in total. The number of nitrogens with one attached hydrogen (secondary N) is 1. The minimum Gasteiger partial charge on any atom is -0.496 e. The van der Waals surface area contributed by atoms with Gasteiger partial charge in [-0.3, -0.25) is 15.3 Å². The summed E-state index contributed by atoms with van der Waals surface area (Å²) in [5.41, 5.74) is 9.41. The van der Waals surface area contributed by atoms with Crippen molar-refractivity contribution in [1.29, 1.82) is 5.41 Å². The van der Waals surface area contributed by atoms with Crippen LogP contribution in [0.5, 0.6) is 5.75 Å².